The molecular formula is C21H22ClFN4S. The normalized spacial score (nSPS) is 10.8. The van der Waals surface area contributed by atoms with Gasteiger partial charge in [-0.1, -0.05) is 47.5 Å². The van der Waals surface area contributed by atoms with E-state index < -0.39 is 0 Å². The maximum absolute atomic E-state index is 14.1. The standard InChI is InChI=1S/C21H22ClFN4S/c1-13-7-9-16(10-8-13)11-24-21(28)25-20-14(2)26-27(15(20)3)12-17-18(22)5-4-6-19(17)23/h4-10H,11-12H2,1-3H3,(H2,24,25,28). The average molecular weight is 417 g/mol. The smallest absolute Gasteiger partial charge is 0.171 e. The quantitative estimate of drug-likeness (QED) is 0.565. The molecule has 2 N–H and O–H groups in total. The van der Waals surface area contributed by atoms with Crippen molar-refractivity contribution in [3.8, 4) is 0 Å². The molecule has 0 amide bonds. The summed E-state index contributed by atoms with van der Waals surface area (Å²) in [6.45, 7) is 6.74. The lowest BCUT2D eigenvalue weighted by Crippen LogP contribution is -2.28. The van der Waals surface area contributed by atoms with Gasteiger partial charge in [0.25, 0.3) is 0 Å². The van der Waals surface area contributed by atoms with Gasteiger partial charge < -0.3 is 10.6 Å². The fraction of sp³-hybridized carbons (Fsp3) is 0.238. The van der Waals surface area contributed by atoms with Gasteiger partial charge in [-0.05, 0) is 50.7 Å². The molecule has 3 rings (SSSR count). The van der Waals surface area contributed by atoms with Crippen molar-refractivity contribution in [3.63, 3.8) is 0 Å². The van der Waals surface area contributed by atoms with Crippen molar-refractivity contribution in [2.24, 2.45) is 0 Å². The van der Waals surface area contributed by atoms with Gasteiger partial charge >= 0.3 is 0 Å². The molecule has 146 valence electrons. The zero-order chi connectivity index (χ0) is 20.3. The molecule has 0 aliphatic rings. The molecule has 2 aromatic carbocycles. The Morgan fingerprint density at radius 1 is 1.14 bits per heavy atom. The Morgan fingerprint density at radius 3 is 2.54 bits per heavy atom. The van der Waals surface area contributed by atoms with Crippen molar-refractivity contribution in [1.29, 1.82) is 0 Å². The molecule has 0 radical (unpaired) electrons. The monoisotopic (exact) mass is 416 g/mol. The second-order valence-corrected chi connectivity index (χ2v) is 7.51. The third-order valence-electron chi connectivity index (χ3n) is 4.56. The third kappa shape index (κ3) is 4.69. The van der Waals surface area contributed by atoms with Crippen molar-refractivity contribution in [1.82, 2.24) is 15.1 Å². The van der Waals surface area contributed by atoms with Crippen LogP contribution in [0.3, 0.4) is 0 Å². The first-order chi connectivity index (χ1) is 13.3. The average Bonchev–Trinajstić information content (AvgIpc) is 2.92. The van der Waals surface area contributed by atoms with E-state index in [1.165, 1.54) is 11.6 Å². The molecule has 1 heterocycles. The number of nitrogens with one attached hydrogen (secondary N) is 2. The number of rotatable bonds is 5. The predicted octanol–water partition coefficient (Wildman–Crippen LogP) is 5.14. The largest absolute Gasteiger partial charge is 0.358 e. The topological polar surface area (TPSA) is 41.9 Å². The molecule has 1 aromatic heterocycles. The SMILES string of the molecule is Cc1ccc(CNC(=S)Nc2c(C)nn(Cc3c(F)cccc3Cl)c2C)cc1. The van der Waals surface area contributed by atoms with Crippen molar-refractivity contribution in [3.05, 3.63) is 81.4 Å². The van der Waals surface area contributed by atoms with E-state index in [1.807, 2.05) is 13.8 Å². The predicted molar refractivity (Wildman–Crippen MR) is 116 cm³/mol. The maximum Gasteiger partial charge on any atom is 0.171 e. The van der Waals surface area contributed by atoms with Crippen LogP contribution in [0.2, 0.25) is 5.02 Å². The van der Waals surface area contributed by atoms with Crippen LogP contribution in [0.1, 0.15) is 28.1 Å². The zero-order valence-corrected chi connectivity index (χ0v) is 17.6. The summed E-state index contributed by atoms with van der Waals surface area (Å²) in [5.41, 5.74) is 5.24. The highest BCUT2D eigenvalue weighted by Crippen LogP contribution is 2.24. The van der Waals surface area contributed by atoms with Crippen molar-refractivity contribution in [2.45, 2.75) is 33.9 Å². The summed E-state index contributed by atoms with van der Waals surface area (Å²) in [6, 6.07) is 12.9. The summed E-state index contributed by atoms with van der Waals surface area (Å²) in [7, 11) is 0. The molecule has 7 heteroatoms. The number of nitrogens with zero attached hydrogens (tertiary/aromatic N) is 2. The molecule has 0 unspecified atom stereocenters. The number of benzene rings is 2. The number of halogens is 2. The molecule has 0 spiro atoms. The minimum Gasteiger partial charge on any atom is -0.358 e. The molecule has 0 fully saturated rings. The highest BCUT2D eigenvalue weighted by atomic mass is 35.5. The molecule has 0 atom stereocenters. The van der Waals surface area contributed by atoms with E-state index >= 15 is 0 Å². The minimum absolute atomic E-state index is 0.253. The van der Waals surface area contributed by atoms with E-state index in [1.54, 1.807) is 16.8 Å². The van der Waals surface area contributed by atoms with Gasteiger partial charge in [0, 0.05) is 17.1 Å². The van der Waals surface area contributed by atoms with Crippen LogP contribution in [0.25, 0.3) is 0 Å². The first-order valence-corrected chi connectivity index (χ1v) is 9.71. The third-order valence-corrected chi connectivity index (χ3v) is 5.16. The number of aryl methyl sites for hydroxylation is 2. The van der Waals surface area contributed by atoms with Crippen molar-refractivity contribution >= 4 is 34.6 Å². The lowest BCUT2D eigenvalue weighted by Gasteiger charge is -2.12. The van der Waals surface area contributed by atoms with Gasteiger partial charge in [-0.15, -0.1) is 0 Å². The minimum atomic E-state index is -0.343. The van der Waals surface area contributed by atoms with Crippen LogP contribution in [-0.4, -0.2) is 14.9 Å². The Balaban J connectivity index is 1.69. The summed E-state index contributed by atoms with van der Waals surface area (Å²) < 4.78 is 15.8. The van der Waals surface area contributed by atoms with E-state index in [9.17, 15) is 4.39 Å². The molecule has 0 saturated heterocycles. The van der Waals surface area contributed by atoms with Crippen LogP contribution in [0.15, 0.2) is 42.5 Å². The van der Waals surface area contributed by atoms with Crippen molar-refractivity contribution < 1.29 is 4.39 Å². The van der Waals surface area contributed by atoms with E-state index in [2.05, 4.69) is 46.9 Å². The first-order valence-electron chi connectivity index (χ1n) is 8.92. The Kier molecular flexibility index (Phi) is 6.31. The summed E-state index contributed by atoms with van der Waals surface area (Å²) >= 11 is 11.6. The van der Waals surface area contributed by atoms with Crippen LogP contribution < -0.4 is 10.6 Å². The molecular weight excluding hydrogens is 395 g/mol. The molecule has 0 aliphatic carbocycles. The fourth-order valence-corrected chi connectivity index (χ4v) is 3.31. The number of hydrogen-bond acceptors (Lipinski definition) is 2. The zero-order valence-electron chi connectivity index (χ0n) is 16.0. The van der Waals surface area contributed by atoms with Gasteiger partial charge in [-0.3, -0.25) is 4.68 Å². The number of anilines is 1. The lowest BCUT2D eigenvalue weighted by atomic mass is 10.1. The molecule has 0 aliphatic heterocycles. The van der Waals surface area contributed by atoms with E-state index in [0.717, 1.165) is 22.6 Å². The molecule has 28 heavy (non-hydrogen) atoms. The molecule has 0 saturated carbocycles. The Labute approximate surface area is 174 Å². The summed E-state index contributed by atoms with van der Waals surface area (Å²) in [5.74, 6) is -0.343. The van der Waals surface area contributed by atoms with E-state index in [4.69, 9.17) is 23.8 Å². The number of aromatic nitrogens is 2. The lowest BCUT2D eigenvalue weighted by molar-refractivity contribution is 0.579. The van der Waals surface area contributed by atoms with Crippen LogP contribution in [0.4, 0.5) is 10.1 Å². The fourth-order valence-electron chi connectivity index (χ4n) is 2.91. The van der Waals surface area contributed by atoms with E-state index in [-0.39, 0.29) is 12.4 Å². The second-order valence-electron chi connectivity index (χ2n) is 6.70. The van der Waals surface area contributed by atoms with E-state index in [0.29, 0.717) is 22.2 Å². The van der Waals surface area contributed by atoms with Gasteiger partial charge in [0.1, 0.15) is 5.82 Å². The summed E-state index contributed by atoms with van der Waals surface area (Å²) in [5, 5.41) is 11.8. The number of hydrogen-bond donors (Lipinski definition) is 2. The molecule has 4 nitrogen and oxygen atoms in total. The molecule has 3 aromatic rings. The maximum atomic E-state index is 14.1. The van der Waals surface area contributed by atoms with Gasteiger partial charge in [0.2, 0.25) is 0 Å². The Morgan fingerprint density at radius 2 is 1.86 bits per heavy atom. The van der Waals surface area contributed by atoms with Gasteiger partial charge in [0.05, 0.1) is 23.6 Å². The Bertz CT molecular complexity index is 978. The second kappa shape index (κ2) is 8.71. The van der Waals surface area contributed by atoms with Crippen molar-refractivity contribution in [2.75, 3.05) is 5.32 Å². The molecule has 0 bridgehead atoms. The van der Waals surface area contributed by atoms with Crippen LogP contribution in [0, 0.1) is 26.6 Å². The number of thiocarbonyl (C=S) groups is 1. The first kappa shape index (κ1) is 20.3. The highest BCUT2D eigenvalue weighted by Gasteiger charge is 2.15. The van der Waals surface area contributed by atoms with Gasteiger partial charge in [-0.2, -0.15) is 5.10 Å². The summed E-state index contributed by atoms with van der Waals surface area (Å²) in [6.07, 6.45) is 0. The Hall–Kier alpha value is -2.44. The van der Waals surface area contributed by atoms with Crippen LogP contribution in [-0.2, 0) is 13.1 Å². The van der Waals surface area contributed by atoms with Crippen LogP contribution in [0.5, 0.6) is 0 Å². The van der Waals surface area contributed by atoms with Gasteiger partial charge in [-0.25, -0.2) is 4.39 Å². The highest BCUT2D eigenvalue weighted by molar-refractivity contribution is 7.80. The van der Waals surface area contributed by atoms with Gasteiger partial charge in [0.15, 0.2) is 5.11 Å². The summed E-state index contributed by atoms with van der Waals surface area (Å²) in [4.78, 5) is 0. The van der Waals surface area contributed by atoms with Crippen LogP contribution >= 0.6 is 23.8 Å².